The monoisotopic (exact) mass is 227 g/mol. The highest BCUT2D eigenvalue weighted by atomic mass is 16.2. The first kappa shape index (κ1) is 13.3. The van der Waals surface area contributed by atoms with Crippen molar-refractivity contribution in [2.75, 3.05) is 26.7 Å². The van der Waals surface area contributed by atoms with E-state index in [0.29, 0.717) is 12.0 Å². The van der Waals surface area contributed by atoms with E-state index < -0.39 is 0 Å². The van der Waals surface area contributed by atoms with Gasteiger partial charge in [-0.2, -0.15) is 0 Å². The van der Waals surface area contributed by atoms with Crippen molar-refractivity contribution in [1.29, 1.82) is 0 Å². The number of hydrogen-bond acceptors (Lipinski definition) is 2. The third kappa shape index (κ3) is 4.39. The summed E-state index contributed by atoms with van der Waals surface area (Å²) >= 11 is 0. The molecule has 2 unspecified atom stereocenters. The molecule has 0 aromatic rings. The lowest BCUT2D eigenvalue weighted by atomic mass is 9.94. The summed E-state index contributed by atoms with van der Waals surface area (Å²) in [5, 5.41) is 5.97. The summed E-state index contributed by atoms with van der Waals surface area (Å²) in [5.41, 5.74) is 0. The van der Waals surface area contributed by atoms with E-state index in [4.69, 9.17) is 0 Å². The lowest BCUT2D eigenvalue weighted by Gasteiger charge is -2.35. The van der Waals surface area contributed by atoms with E-state index in [1.165, 1.54) is 0 Å². The molecular weight excluding hydrogens is 202 g/mol. The molecule has 2 N–H and O–H groups in total. The van der Waals surface area contributed by atoms with Gasteiger partial charge in [-0.1, -0.05) is 20.3 Å². The second-order valence-electron chi connectivity index (χ2n) is 4.89. The molecule has 4 nitrogen and oxygen atoms in total. The van der Waals surface area contributed by atoms with Gasteiger partial charge in [0.15, 0.2) is 0 Å². The largest absolute Gasteiger partial charge is 0.338 e. The molecule has 2 atom stereocenters. The number of rotatable bonds is 4. The van der Waals surface area contributed by atoms with Gasteiger partial charge in [0.2, 0.25) is 0 Å². The molecule has 1 heterocycles. The molecule has 1 fully saturated rings. The molecule has 0 bridgehead atoms. The number of carbonyl (C=O) groups is 1. The molecule has 1 saturated heterocycles. The van der Waals surface area contributed by atoms with Crippen molar-refractivity contribution in [2.45, 2.75) is 39.2 Å². The van der Waals surface area contributed by atoms with Crippen molar-refractivity contribution >= 4 is 6.03 Å². The third-order valence-electron chi connectivity index (χ3n) is 3.24. The first-order valence-corrected chi connectivity index (χ1v) is 6.36. The predicted molar refractivity (Wildman–Crippen MR) is 66.5 cm³/mol. The number of nitrogens with zero attached hydrogens (tertiary/aromatic N) is 1. The Labute approximate surface area is 98.8 Å². The Morgan fingerprint density at radius 3 is 2.88 bits per heavy atom. The Bertz CT molecular complexity index is 220. The van der Waals surface area contributed by atoms with Crippen molar-refractivity contribution < 1.29 is 4.79 Å². The van der Waals surface area contributed by atoms with Crippen LogP contribution in [0.2, 0.25) is 0 Å². The van der Waals surface area contributed by atoms with Crippen LogP contribution in [0.5, 0.6) is 0 Å². The third-order valence-corrected chi connectivity index (χ3v) is 3.24. The van der Waals surface area contributed by atoms with Crippen LogP contribution < -0.4 is 10.6 Å². The van der Waals surface area contributed by atoms with Gasteiger partial charge in [-0.05, 0) is 32.4 Å². The number of unbranched alkanes of at least 4 members (excludes halogenated alkanes) is 1. The fourth-order valence-corrected chi connectivity index (χ4v) is 2.17. The van der Waals surface area contributed by atoms with Gasteiger partial charge in [-0.25, -0.2) is 4.79 Å². The van der Waals surface area contributed by atoms with Crippen molar-refractivity contribution in [3.63, 3.8) is 0 Å². The molecular formula is C12H25N3O. The number of amides is 2. The van der Waals surface area contributed by atoms with Crippen LogP contribution in [-0.4, -0.2) is 43.7 Å². The van der Waals surface area contributed by atoms with E-state index in [0.717, 1.165) is 38.9 Å². The number of piperidine rings is 1. The van der Waals surface area contributed by atoms with E-state index in [2.05, 4.69) is 36.4 Å². The highest BCUT2D eigenvalue weighted by Gasteiger charge is 2.25. The van der Waals surface area contributed by atoms with Crippen molar-refractivity contribution in [2.24, 2.45) is 5.92 Å². The fourth-order valence-electron chi connectivity index (χ4n) is 2.17. The summed E-state index contributed by atoms with van der Waals surface area (Å²) in [6.45, 7) is 7.25. The maximum Gasteiger partial charge on any atom is 0.315 e. The van der Waals surface area contributed by atoms with Gasteiger partial charge in [-0.3, -0.25) is 0 Å². The number of carbonyl (C=O) groups excluding carboxylic acids is 1. The number of likely N-dealkylation sites (tertiary alicyclic amines) is 1. The van der Waals surface area contributed by atoms with E-state index in [9.17, 15) is 4.79 Å². The number of hydrogen-bond donors (Lipinski definition) is 2. The maximum atomic E-state index is 11.6. The van der Waals surface area contributed by atoms with Crippen molar-refractivity contribution in [1.82, 2.24) is 15.5 Å². The molecule has 0 aliphatic carbocycles. The Balaban J connectivity index is 2.22. The second kappa shape index (κ2) is 6.74. The average molecular weight is 227 g/mol. The number of urea groups is 1. The normalized spacial score (nSPS) is 26.4. The highest BCUT2D eigenvalue weighted by Crippen LogP contribution is 2.14. The maximum absolute atomic E-state index is 11.6. The first-order chi connectivity index (χ1) is 7.63. The Morgan fingerprint density at radius 1 is 1.50 bits per heavy atom. The minimum absolute atomic E-state index is 0.00477. The summed E-state index contributed by atoms with van der Waals surface area (Å²) in [4.78, 5) is 13.9. The SMILES string of the molecule is CCCCNC(=O)NC1CCN(C)CC1C. The molecule has 1 aliphatic rings. The van der Waals surface area contributed by atoms with Crippen LogP contribution in [0.1, 0.15) is 33.1 Å². The summed E-state index contributed by atoms with van der Waals surface area (Å²) in [6.07, 6.45) is 3.22. The lowest BCUT2D eigenvalue weighted by Crippen LogP contribution is -2.51. The minimum atomic E-state index is -0.00477. The van der Waals surface area contributed by atoms with Gasteiger partial charge in [0.1, 0.15) is 0 Å². The van der Waals surface area contributed by atoms with E-state index in [-0.39, 0.29) is 6.03 Å². The molecule has 0 spiro atoms. The van der Waals surface area contributed by atoms with Crippen molar-refractivity contribution in [3.05, 3.63) is 0 Å². The summed E-state index contributed by atoms with van der Waals surface area (Å²) < 4.78 is 0. The smallest absolute Gasteiger partial charge is 0.315 e. The second-order valence-corrected chi connectivity index (χ2v) is 4.89. The zero-order chi connectivity index (χ0) is 12.0. The van der Waals surface area contributed by atoms with Gasteiger partial charge < -0.3 is 15.5 Å². The van der Waals surface area contributed by atoms with Gasteiger partial charge in [0, 0.05) is 19.1 Å². The molecule has 16 heavy (non-hydrogen) atoms. The molecule has 0 aromatic carbocycles. The fraction of sp³-hybridized carbons (Fsp3) is 0.917. The molecule has 94 valence electrons. The average Bonchev–Trinajstić information content (AvgIpc) is 2.23. The summed E-state index contributed by atoms with van der Waals surface area (Å²) in [5.74, 6) is 0.538. The molecule has 2 amide bonds. The van der Waals surface area contributed by atoms with Crippen LogP contribution in [-0.2, 0) is 0 Å². The van der Waals surface area contributed by atoms with Crippen LogP contribution in [0.25, 0.3) is 0 Å². The quantitative estimate of drug-likeness (QED) is 0.714. The van der Waals surface area contributed by atoms with Gasteiger partial charge >= 0.3 is 6.03 Å². The zero-order valence-corrected chi connectivity index (χ0v) is 10.8. The van der Waals surface area contributed by atoms with Gasteiger partial charge in [-0.15, -0.1) is 0 Å². The molecule has 1 rings (SSSR count). The van der Waals surface area contributed by atoms with Gasteiger partial charge in [0.25, 0.3) is 0 Å². The minimum Gasteiger partial charge on any atom is -0.338 e. The Morgan fingerprint density at radius 2 is 2.25 bits per heavy atom. The predicted octanol–water partition coefficient (Wildman–Crippen LogP) is 1.43. The van der Waals surface area contributed by atoms with Crippen molar-refractivity contribution in [3.8, 4) is 0 Å². The molecule has 4 heteroatoms. The van der Waals surface area contributed by atoms with E-state index in [1.54, 1.807) is 0 Å². The van der Waals surface area contributed by atoms with Crippen LogP contribution >= 0.6 is 0 Å². The standard InChI is InChI=1S/C12H25N3O/c1-4-5-7-13-12(16)14-11-6-8-15(3)9-10(11)2/h10-11H,4-9H2,1-3H3,(H2,13,14,16). The lowest BCUT2D eigenvalue weighted by molar-refractivity contribution is 0.172. The van der Waals surface area contributed by atoms with E-state index >= 15 is 0 Å². The summed E-state index contributed by atoms with van der Waals surface area (Å²) in [6, 6.07) is 0.327. The van der Waals surface area contributed by atoms with Gasteiger partial charge in [0.05, 0.1) is 0 Å². The Hall–Kier alpha value is -0.770. The van der Waals surface area contributed by atoms with Crippen LogP contribution in [0.15, 0.2) is 0 Å². The number of nitrogens with one attached hydrogen (secondary N) is 2. The topological polar surface area (TPSA) is 44.4 Å². The molecule has 0 radical (unpaired) electrons. The van der Waals surface area contributed by atoms with Crippen LogP contribution in [0.4, 0.5) is 4.79 Å². The Kier molecular flexibility index (Phi) is 5.60. The van der Waals surface area contributed by atoms with Crippen LogP contribution in [0, 0.1) is 5.92 Å². The summed E-state index contributed by atoms with van der Waals surface area (Å²) in [7, 11) is 2.13. The molecule has 0 aromatic heterocycles. The zero-order valence-electron chi connectivity index (χ0n) is 10.8. The highest BCUT2D eigenvalue weighted by molar-refractivity contribution is 5.74. The molecule has 1 aliphatic heterocycles. The van der Waals surface area contributed by atoms with E-state index in [1.807, 2.05) is 0 Å². The first-order valence-electron chi connectivity index (χ1n) is 6.36. The van der Waals surface area contributed by atoms with Crippen LogP contribution in [0.3, 0.4) is 0 Å². The molecule has 0 saturated carbocycles.